The minimum Gasteiger partial charge on any atom is -0.497 e. The van der Waals surface area contributed by atoms with E-state index in [0.29, 0.717) is 12.3 Å². The smallest absolute Gasteiger partial charge is 0.230 e. The highest BCUT2D eigenvalue weighted by atomic mass is 32.2. The highest BCUT2D eigenvalue weighted by molar-refractivity contribution is 8.03. The van der Waals surface area contributed by atoms with Gasteiger partial charge in [-0.3, -0.25) is 4.79 Å². The maximum atomic E-state index is 12.1. The average Bonchev–Trinajstić information content (AvgIpc) is 3.18. The van der Waals surface area contributed by atoms with E-state index in [1.54, 1.807) is 18.9 Å². The molecule has 1 amide bonds. The Labute approximate surface area is 177 Å². The molecule has 0 aliphatic carbocycles. The van der Waals surface area contributed by atoms with Gasteiger partial charge in [0.05, 0.1) is 12.9 Å². The molecule has 0 atom stereocenters. The molecular weight excluding hydrogens is 410 g/mol. The summed E-state index contributed by atoms with van der Waals surface area (Å²) in [7, 11) is 1.66. The second-order valence-corrected chi connectivity index (χ2v) is 9.38. The van der Waals surface area contributed by atoms with Gasteiger partial charge in [0.15, 0.2) is 8.68 Å². The fourth-order valence-electron chi connectivity index (χ4n) is 2.36. The van der Waals surface area contributed by atoms with E-state index in [-0.39, 0.29) is 5.91 Å². The number of nitrogens with one attached hydrogen (secondary N) is 1. The number of aryl methyl sites for hydroxylation is 1. The molecular formula is C20H21N3O2S3. The number of amides is 1. The topological polar surface area (TPSA) is 64.1 Å². The van der Waals surface area contributed by atoms with Crippen LogP contribution in [0.4, 0.5) is 0 Å². The van der Waals surface area contributed by atoms with Crippen LogP contribution in [-0.2, 0) is 17.1 Å². The Bertz CT molecular complexity index is 913. The zero-order valence-corrected chi connectivity index (χ0v) is 18.1. The summed E-state index contributed by atoms with van der Waals surface area (Å²) in [4.78, 5) is 12.1. The van der Waals surface area contributed by atoms with Crippen molar-refractivity contribution in [3.8, 4) is 5.75 Å². The third-order valence-electron chi connectivity index (χ3n) is 3.97. The monoisotopic (exact) mass is 431 g/mol. The van der Waals surface area contributed by atoms with Crippen molar-refractivity contribution in [2.45, 2.75) is 27.9 Å². The van der Waals surface area contributed by atoms with E-state index in [0.717, 1.165) is 25.7 Å². The minimum atomic E-state index is -0.00381. The lowest BCUT2D eigenvalue weighted by molar-refractivity contribution is -0.118. The van der Waals surface area contributed by atoms with E-state index < -0.39 is 0 Å². The van der Waals surface area contributed by atoms with Crippen LogP contribution in [-0.4, -0.2) is 29.0 Å². The van der Waals surface area contributed by atoms with Crippen molar-refractivity contribution in [2.24, 2.45) is 0 Å². The molecule has 1 N–H and O–H groups in total. The van der Waals surface area contributed by atoms with Gasteiger partial charge in [-0.15, -0.1) is 10.2 Å². The number of carbonyl (C=O) groups is 1. The summed E-state index contributed by atoms with van der Waals surface area (Å²) in [6.07, 6.45) is 0. The van der Waals surface area contributed by atoms with Crippen LogP contribution in [0.5, 0.6) is 5.75 Å². The Balaban J connectivity index is 1.41. The Hall–Kier alpha value is -2.03. The molecule has 0 radical (unpaired) electrons. The van der Waals surface area contributed by atoms with Gasteiger partial charge in [0.25, 0.3) is 0 Å². The van der Waals surface area contributed by atoms with Crippen molar-refractivity contribution in [2.75, 3.05) is 12.9 Å². The highest BCUT2D eigenvalue weighted by Crippen LogP contribution is 2.30. The molecule has 0 saturated heterocycles. The number of thioether (sulfide) groups is 2. The third kappa shape index (κ3) is 6.25. The summed E-state index contributed by atoms with van der Waals surface area (Å²) >= 11 is 4.58. The molecule has 28 heavy (non-hydrogen) atoms. The second-order valence-electron chi connectivity index (χ2n) is 5.96. The van der Waals surface area contributed by atoms with E-state index in [1.807, 2.05) is 55.5 Å². The van der Waals surface area contributed by atoms with Crippen molar-refractivity contribution < 1.29 is 9.53 Å². The van der Waals surface area contributed by atoms with E-state index in [9.17, 15) is 4.79 Å². The van der Waals surface area contributed by atoms with Crippen molar-refractivity contribution in [3.05, 3.63) is 65.2 Å². The van der Waals surface area contributed by atoms with Crippen molar-refractivity contribution in [1.29, 1.82) is 0 Å². The largest absolute Gasteiger partial charge is 0.497 e. The molecule has 0 saturated carbocycles. The van der Waals surface area contributed by atoms with Crippen LogP contribution in [0.2, 0.25) is 0 Å². The van der Waals surface area contributed by atoms with Crippen molar-refractivity contribution in [3.63, 3.8) is 0 Å². The van der Waals surface area contributed by atoms with E-state index >= 15 is 0 Å². The predicted octanol–water partition coefficient (Wildman–Crippen LogP) is 4.56. The summed E-state index contributed by atoms with van der Waals surface area (Å²) in [6, 6.07) is 16.0. The lowest BCUT2D eigenvalue weighted by atomic mass is 10.1. The molecule has 3 aromatic rings. The number of nitrogens with zero attached hydrogens (tertiary/aromatic N) is 2. The zero-order valence-electron chi connectivity index (χ0n) is 15.7. The molecule has 8 heteroatoms. The van der Waals surface area contributed by atoms with Crippen LogP contribution in [0, 0.1) is 6.92 Å². The van der Waals surface area contributed by atoms with Crippen LogP contribution >= 0.6 is 34.9 Å². The molecule has 2 aromatic carbocycles. The first-order valence-corrected chi connectivity index (χ1v) is 11.5. The maximum Gasteiger partial charge on any atom is 0.230 e. The lowest BCUT2D eigenvalue weighted by Crippen LogP contribution is -2.24. The van der Waals surface area contributed by atoms with Gasteiger partial charge in [-0.2, -0.15) is 0 Å². The van der Waals surface area contributed by atoms with Crippen LogP contribution in [0.3, 0.4) is 0 Å². The molecule has 0 bridgehead atoms. The molecule has 5 nitrogen and oxygen atoms in total. The fourth-order valence-corrected chi connectivity index (χ4v) is 5.17. The minimum absolute atomic E-state index is 0.00381. The number of hydrogen-bond donors (Lipinski definition) is 1. The van der Waals surface area contributed by atoms with Gasteiger partial charge < -0.3 is 10.1 Å². The molecule has 0 aliphatic rings. The van der Waals surface area contributed by atoms with Gasteiger partial charge in [-0.05, 0) is 35.7 Å². The Morgan fingerprint density at radius 3 is 2.50 bits per heavy atom. The molecule has 1 heterocycles. The van der Waals surface area contributed by atoms with Gasteiger partial charge in [0, 0.05) is 12.3 Å². The van der Waals surface area contributed by atoms with Crippen LogP contribution in [0.1, 0.15) is 16.7 Å². The summed E-state index contributed by atoms with van der Waals surface area (Å²) in [5, 5.41) is 11.3. The first kappa shape index (κ1) is 20.7. The first-order valence-electron chi connectivity index (χ1n) is 8.67. The number of carbonyl (C=O) groups excluding carboxylic acids is 1. The summed E-state index contributed by atoms with van der Waals surface area (Å²) in [5.74, 6) is 2.00. The van der Waals surface area contributed by atoms with Gasteiger partial charge in [0.1, 0.15) is 5.75 Å². The van der Waals surface area contributed by atoms with E-state index in [2.05, 4.69) is 15.5 Å². The van der Waals surface area contributed by atoms with Gasteiger partial charge in [-0.1, -0.05) is 71.3 Å². The molecule has 0 aliphatic heterocycles. The number of hydrogen-bond acceptors (Lipinski definition) is 7. The fraction of sp³-hybridized carbons (Fsp3) is 0.250. The van der Waals surface area contributed by atoms with Crippen molar-refractivity contribution in [1.82, 2.24) is 15.5 Å². The predicted molar refractivity (Wildman–Crippen MR) is 116 cm³/mol. The number of rotatable bonds is 9. The summed E-state index contributed by atoms with van der Waals surface area (Å²) in [5.41, 5.74) is 3.51. The molecule has 0 unspecified atom stereocenters. The first-order chi connectivity index (χ1) is 13.6. The van der Waals surface area contributed by atoms with Gasteiger partial charge in [-0.25, -0.2) is 0 Å². The quantitative estimate of drug-likeness (QED) is 0.501. The molecule has 0 spiro atoms. The SMILES string of the molecule is COc1ccc(CSc2nnc(SCC(=O)NCc3ccccc3C)s2)cc1. The van der Waals surface area contributed by atoms with E-state index in [1.165, 1.54) is 34.2 Å². The lowest BCUT2D eigenvalue weighted by Gasteiger charge is -2.07. The molecule has 1 aromatic heterocycles. The molecule has 3 rings (SSSR count). The summed E-state index contributed by atoms with van der Waals surface area (Å²) < 4.78 is 6.88. The molecule has 146 valence electrons. The Kier molecular flexibility index (Phi) is 7.76. The number of benzene rings is 2. The maximum absolute atomic E-state index is 12.1. The third-order valence-corrected chi connectivity index (χ3v) is 7.23. The van der Waals surface area contributed by atoms with Crippen LogP contribution in [0.15, 0.2) is 57.2 Å². The Morgan fingerprint density at radius 1 is 1.07 bits per heavy atom. The number of ether oxygens (including phenoxy) is 1. The number of aromatic nitrogens is 2. The van der Waals surface area contributed by atoms with Gasteiger partial charge >= 0.3 is 0 Å². The zero-order chi connectivity index (χ0) is 19.8. The normalized spacial score (nSPS) is 10.6. The second kappa shape index (κ2) is 10.5. The van der Waals surface area contributed by atoms with Gasteiger partial charge in [0.2, 0.25) is 5.91 Å². The van der Waals surface area contributed by atoms with E-state index in [4.69, 9.17) is 4.74 Å². The standard InChI is InChI=1S/C20H21N3O2S3/c1-14-5-3-4-6-16(14)11-21-18(24)13-27-20-23-22-19(28-20)26-12-15-7-9-17(25-2)10-8-15/h3-10H,11-13H2,1-2H3,(H,21,24). The van der Waals surface area contributed by atoms with Crippen LogP contribution < -0.4 is 10.1 Å². The summed E-state index contributed by atoms with van der Waals surface area (Å²) in [6.45, 7) is 2.59. The van der Waals surface area contributed by atoms with Crippen molar-refractivity contribution >= 4 is 40.8 Å². The Morgan fingerprint density at radius 2 is 1.79 bits per heavy atom. The van der Waals surface area contributed by atoms with Crippen LogP contribution in [0.25, 0.3) is 0 Å². The average molecular weight is 432 g/mol. The number of methoxy groups -OCH3 is 1. The highest BCUT2D eigenvalue weighted by Gasteiger charge is 2.09. The molecule has 0 fully saturated rings.